The quantitative estimate of drug-likeness (QED) is 0.742. The monoisotopic (exact) mass is 272 g/mol. The Morgan fingerprint density at radius 2 is 2.11 bits per heavy atom. The predicted molar refractivity (Wildman–Crippen MR) is 74.5 cm³/mol. The number of nitrogens with two attached hydrogens (primary N) is 1. The zero-order valence-corrected chi connectivity index (χ0v) is 11.1. The van der Waals surface area contributed by atoms with Crippen LogP contribution in [-0.2, 0) is 0 Å². The van der Waals surface area contributed by atoms with E-state index in [4.69, 9.17) is 10.5 Å². The summed E-state index contributed by atoms with van der Waals surface area (Å²) < 4.78 is 7.14. The molecule has 0 aliphatic heterocycles. The van der Waals surface area contributed by atoms with Crippen LogP contribution in [-0.4, -0.2) is 21.7 Å². The minimum absolute atomic E-state index is 0.663. The molecule has 2 N–H and O–H groups in total. The normalized spacial score (nSPS) is 10.8. The zero-order chi connectivity index (χ0) is 13.2. The van der Waals surface area contributed by atoms with Gasteiger partial charge in [-0.15, -0.1) is 10.2 Å². The molecule has 96 valence electrons. The van der Waals surface area contributed by atoms with Gasteiger partial charge in [0.2, 0.25) is 0 Å². The molecule has 0 spiro atoms. The summed E-state index contributed by atoms with van der Waals surface area (Å²) in [4.78, 5) is 0.968. The Bertz CT molecular complexity index is 725. The highest BCUT2D eigenvalue weighted by molar-refractivity contribution is 7.99. The highest BCUT2D eigenvalue weighted by Gasteiger charge is 2.08. The Labute approximate surface area is 114 Å². The topological polar surface area (TPSA) is 65.4 Å². The number of rotatable bonds is 3. The van der Waals surface area contributed by atoms with Crippen molar-refractivity contribution in [2.75, 3.05) is 12.8 Å². The number of fused-ring (bicyclic) bond motifs is 1. The molecule has 0 aliphatic carbocycles. The van der Waals surface area contributed by atoms with Crippen molar-refractivity contribution in [3.63, 3.8) is 0 Å². The lowest BCUT2D eigenvalue weighted by Crippen LogP contribution is -1.90. The number of ether oxygens (including phenoxy) is 1. The van der Waals surface area contributed by atoms with Gasteiger partial charge in [0.05, 0.1) is 7.11 Å². The summed E-state index contributed by atoms with van der Waals surface area (Å²) in [5.74, 6) is 0.733. The average Bonchev–Trinajstić information content (AvgIpc) is 2.82. The first kappa shape index (κ1) is 11.9. The van der Waals surface area contributed by atoms with Gasteiger partial charge in [-0.3, -0.25) is 4.40 Å². The molecule has 2 heterocycles. The van der Waals surface area contributed by atoms with E-state index in [0.29, 0.717) is 5.69 Å². The van der Waals surface area contributed by atoms with E-state index in [2.05, 4.69) is 10.2 Å². The number of nitrogens with zero attached hydrogens (tertiary/aromatic N) is 3. The Morgan fingerprint density at radius 3 is 2.95 bits per heavy atom. The molecule has 0 amide bonds. The van der Waals surface area contributed by atoms with Crippen molar-refractivity contribution in [3.8, 4) is 5.75 Å². The molecule has 0 radical (unpaired) electrons. The number of pyridine rings is 1. The van der Waals surface area contributed by atoms with Gasteiger partial charge in [0, 0.05) is 22.8 Å². The molecule has 2 aromatic heterocycles. The maximum absolute atomic E-state index is 5.84. The number of hydrogen-bond acceptors (Lipinski definition) is 5. The highest BCUT2D eigenvalue weighted by Crippen LogP contribution is 2.31. The van der Waals surface area contributed by atoms with E-state index >= 15 is 0 Å². The van der Waals surface area contributed by atoms with Crippen LogP contribution in [0.25, 0.3) is 5.65 Å². The van der Waals surface area contributed by atoms with E-state index in [1.165, 1.54) is 11.8 Å². The van der Waals surface area contributed by atoms with Gasteiger partial charge >= 0.3 is 0 Å². The van der Waals surface area contributed by atoms with Gasteiger partial charge in [-0.1, -0.05) is 6.07 Å². The van der Waals surface area contributed by atoms with E-state index < -0.39 is 0 Å². The standard InChI is InChI=1S/C13H12N4OS/c1-18-10-6-9(14)7-11(8-10)19-13-16-15-12-4-2-3-5-17(12)13/h2-8H,14H2,1H3. The van der Waals surface area contributed by atoms with Crippen molar-refractivity contribution in [2.45, 2.75) is 10.1 Å². The molecule has 0 saturated heterocycles. The summed E-state index contributed by atoms with van der Waals surface area (Å²) >= 11 is 1.50. The molecule has 6 heteroatoms. The van der Waals surface area contributed by atoms with Gasteiger partial charge in [-0.2, -0.15) is 0 Å². The third-order valence-electron chi connectivity index (χ3n) is 2.63. The van der Waals surface area contributed by atoms with Crippen LogP contribution in [0.15, 0.2) is 52.6 Å². The molecule has 3 aromatic rings. The summed E-state index contributed by atoms with van der Waals surface area (Å²) in [6.07, 6.45) is 1.93. The van der Waals surface area contributed by atoms with E-state index in [1.807, 2.05) is 40.9 Å². The molecule has 0 saturated carbocycles. The lowest BCUT2D eigenvalue weighted by molar-refractivity contribution is 0.414. The summed E-state index contributed by atoms with van der Waals surface area (Å²) in [6.45, 7) is 0. The molecule has 0 atom stereocenters. The molecule has 0 fully saturated rings. The SMILES string of the molecule is COc1cc(N)cc(Sc2nnc3ccccn23)c1. The van der Waals surface area contributed by atoms with Gasteiger partial charge in [-0.05, 0) is 36.0 Å². The Balaban J connectivity index is 1.99. The minimum atomic E-state index is 0.663. The Kier molecular flexibility index (Phi) is 3.00. The second kappa shape index (κ2) is 4.81. The highest BCUT2D eigenvalue weighted by atomic mass is 32.2. The van der Waals surface area contributed by atoms with Gasteiger partial charge in [0.25, 0.3) is 0 Å². The first-order chi connectivity index (χ1) is 9.26. The van der Waals surface area contributed by atoms with Crippen molar-refractivity contribution in [1.29, 1.82) is 0 Å². The second-order valence-electron chi connectivity index (χ2n) is 3.96. The smallest absolute Gasteiger partial charge is 0.200 e. The van der Waals surface area contributed by atoms with Crippen LogP contribution in [0.5, 0.6) is 5.75 Å². The van der Waals surface area contributed by atoms with Crippen LogP contribution in [0, 0.1) is 0 Å². The molecule has 0 unspecified atom stereocenters. The molecule has 19 heavy (non-hydrogen) atoms. The number of benzene rings is 1. The molecule has 0 aliphatic rings. The number of hydrogen-bond donors (Lipinski definition) is 1. The lowest BCUT2D eigenvalue weighted by atomic mass is 10.3. The van der Waals surface area contributed by atoms with Crippen molar-refractivity contribution in [1.82, 2.24) is 14.6 Å². The fraction of sp³-hybridized carbons (Fsp3) is 0.0769. The number of nitrogen functional groups attached to an aromatic ring is 1. The first-order valence-electron chi connectivity index (χ1n) is 5.68. The second-order valence-corrected chi connectivity index (χ2v) is 5.00. The van der Waals surface area contributed by atoms with Gasteiger partial charge in [-0.25, -0.2) is 0 Å². The summed E-state index contributed by atoms with van der Waals surface area (Å²) in [5.41, 5.74) is 7.32. The number of aromatic nitrogens is 3. The lowest BCUT2D eigenvalue weighted by Gasteiger charge is -2.05. The van der Waals surface area contributed by atoms with Gasteiger partial charge in [0.15, 0.2) is 10.8 Å². The molecular formula is C13H12N4OS. The summed E-state index contributed by atoms with van der Waals surface area (Å²) in [5, 5.41) is 9.07. The van der Waals surface area contributed by atoms with Crippen LogP contribution >= 0.6 is 11.8 Å². The maximum Gasteiger partial charge on any atom is 0.200 e. The van der Waals surface area contributed by atoms with Crippen molar-refractivity contribution in [3.05, 3.63) is 42.6 Å². The van der Waals surface area contributed by atoms with Crippen LogP contribution in [0.3, 0.4) is 0 Å². The minimum Gasteiger partial charge on any atom is -0.497 e. The molecule has 3 rings (SSSR count). The third-order valence-corrected chi connectivity index (χ3v) is 3.56. The number of anilines is 1. The van der Waals surface area contributed by atoms with Crippen LogP contribution in [0.4, 0.5) is 5.69 Å². The average molecular weight is 272 g/mol. The first-order valence-corrected chi connectivity index (χ1v) is 6.50. The van der Waals surface area contributed by atoms with E-state index in [0.717, 1.165) is 21.4 Å². The third kappa shape index (κ3) is 2.34. The van der Waals surface area contributed by atoms with Gasteiger partial charge in [0.1, 0.15) is 5.75 Å². The number of methoxy groups -OCH3 is 1. The van der Waals surface area contributed by atoms with Crippen molar-refractivity contribution < 1.29 is 4.74 Å². The van der Waals surface area contributed by atoms with Gasteiger partial charge < -0.3 is 10.5 Å². The van der Waals surface area contributed by atoms with E-state index in [1.54, 1.807) is 13.2 Å². The predicted octanol–water partition coefficient (Wildman–Crippen LogP) is 2.47. The molecule has 5 nitrogen and oxygen atoms in total. The van der Waals surface area contributed by atoms with E-state index in [-0.39, 0.29) is 0 Å². The Hall–Kier alpha value is -2.21. The molecule has 0 bridgehead atoms. The van der Waals surface area contributed by atoms with Crippen LogP contribution in [0.1, 0.15) is 0 Å². The zero-order valence-electron chi connectivity index (χ0n) is 10.3. The largest absolute Gasteiger partial charge is 0.497 e. The Morgan fingerprint density at radius 1 is 1.21 bits per heavy atom. The molecular weight excluding hydrogens is 260 g/mol. The fourth-order valence-corrected chi connectivity index (χ4v) is 2.68. The van der Waals surface area contributed by atoms with E-state index in [9.17, 15) is 0 Å². The van der Waals surface area contributed by atoms with Crippen molar-refractivity contribution in [2.24, 2.45) is 0 Å². The fourth-order valence-electron chi connectivity index (χ4n) is 1.77. The van der Waals surface area contributed by atoms with Crippen LogP contribution < -0.4 is 10.5 Å². The van der Waals surface area contributed by atoms with Crippen molar-refractivity contribution >= 4 is 23.1 Å². The molecule has 1 aromatic carbocycles. The summed E-state index contributed by atoms with van der Waals surface area (Å²) in [7, 11) is 1.62. The van der Waals surface area contributed by atoms with Crippen LogP contribution in [0.2, 0.25) is 0 Å². The maximum atomic E-state index is 5.84. The summed E-state index contributed by atoms with van der Waals surface area (Å²) in [6, 6.07) is 11.4.